The predicted octanol–water partition coefficient (Wildman–Crippen LogP) is 0.502. The number of aliphatic imine (C=N–C) groups is 1. The van der Waals surface area contributed by atoms with Crippen molar-refractivity contribution in [3.63, 3.8) is 0 Å². The Morgan fingerprint density at radius 2 is 2.27 bits per heavy atom. The topological polar surface area (TPSA) is 58.5 Å². The molecule has 0 radical (unpaired) electrons. The van der Waals surface area contributed by atoms with Gasteiger partial charge < -0.3 is 5.32 Å². The summed E-state index contributed by atoms with van der Waals surface area (Å²) in [6, 6.07) is 0. The first-order valence-corrected chi connectivity index (χ1v) is 8.11. The molecule has 1 fully saturated rings. The van der Waals surface area contributed by atoms with E-state index in [1.807, 2.05) is 0 Å². The molecule has 1 atom stereocenters. The summed E-state index contributed by atoms with van der Waals surface area (Å²) in [5.41, 5.74) is 0. The van der Waals surface area contributed by atoms with E-state index in [1.54, 1.807) is 11.8 Å². The molecule has 1 saturated carbocycles. The molecule has 0 aromatic carbocycles. The Kier molecular flexibility index (Phi) is 3.25. The van der Waals surface area contributed by atoms with Crippen molar-refractivity contribution in [3.8, 4) is 0 Å². The highest BCUT2D eigenvalue weighted by atomic mass is 32.2. The Morgan fingerprint density at radius 3 is 2.87 bits per heavy atom. The van der Waals surface area contributed by atoms with Crippen molar-refractivity contribution < 1.29 is 8.42 Å². The van der Waals surface area contributed by atoms with Gasteiger partial charge in [0.25, 0.3) is 0 Å². The Labute approximate surface area is 94.8 Å². The monoisotopic (exact) mass is 248 g/mol. The van der Waals surface area contributed by atoms with E-state index in [9.17, 15) is 8.42 Å². The molecule has 0 saturated heterocycles. The lowest BCUT2D eigenvalue weighted by Crippen LogP contribution is -2.26. The van der Waals surface area contributed by atoms with Gasteiger partial charge in [-0.2, -0.15) is 0 Å². The van der Waals surface area contributed by atoms with Crippen molar-refractivity contribution in [1.29, 1.82) is 0 Å². The highest BCUT2D eigenvalue weighted by molar-refractivity contribution is 8.14. The molecule has 0 spiro atoms. The second-order valence-electron chi connectivity index (χ2n) is 4.20. The number of sulfone groups is 1. The quantitative estimate of drug-likeness (QED) is 0.787. The number of nitrogens with zero attached hydrogens (tertiary/aromatic N) is 1. The van der Waals surface area contributed by atoms with Gasteiger partial charge in [-0.05, 0) is 18.8 Å². The van der Waals surface area contributed by atoms with Crippen molar-refractivity contribution in [2.24, 2.45) is 10.9 Å². The SMILES string of the molecule is CS(=O)(=O)CCNC1=NCC(C2CC2)S1. The molecule has 15 heavy (non-hydrogen) atoms. The highest BCUT2D eigenvalue weighted by Crippen LogP contribution is 2.41. The van der Waals surface area contributed by atoms with Gasteiger partial charge in [-0.1, -0.05) is 11.8 Å². The molecule has 0 amide bonds. The summed E-state index contributed by atoms with van der Waals surface area (Å²) >= 11 is 1.78. The lowest BCUT2D eigenvalue weighted by atomic mass is 10.3. The normalized spacial score (nSPS) is 26.5. The summed E-state index contributed by atoms with van der Waals surface area (Å²) in [6.45, 7) is 1.37. The number of amidine groups is 1. The first-order chi connectivity index (χ1) is 7.04. The average Bonchev–Trinajstić information content (AvgIpc) is 2.86. The van der Waals surface area contributed by atoms with Crippen LogP contribution in [-0.2, 0) is 9.84 Å². The van der Waals surface area contributed by atoms with Crippen LogP contribution in [0.5, 0.6) is 0 Å². The summed E-state index contributed by atoms with van der Waals surface area (Å²) in [5, 5.41) is 4.66. The van der Waals surface area contributed by atoms with Crippen LogP contribution in [-0.4, -0.2) is 43.9 Å². The molecule has 1 unspecified atom stereocenters. The van der Waals surface area contributed by atoms with Crippen molar-refractivity contribution >= 4 is 26.8 Å². The Bertz CT molecular complexity index is 360. The van der Waals surface area contributed by atoms with Crippen LogP contribution in [0.2, 0.25) is 0 Å². The van der Waals surface area contributed by atoms with E-state index < -0.39 is 9.84 Å². The van der Waals surface area contributed by atoms with Gasteiger partial charge in [0.1, 0.15) is 9.84 Å². The first kappa shape index (κ1) is 11.3. The minimum Gasteiger partial charge on any atom is -0.364 e. The van der Waals surface area contributed by atoms with Gasteiger partial charge in [0.05, 0.1) is 12.3 Å². The van der Waals surface area contributed by atoms with Crippen LogP contribution in [0.4, 0.5) is 0 Å². The number of rotatable bonds is 4. The Morgan fingerprint density at radius 1 is 1.53 bits per heavy atom. The molecule has 4 nitrogen and oxygen atoms in total. The van der Waals surface area contributed by atoms with Gasteiger partial charge in [-0.25, -0.2) is 8.42 Å². The molecule has 1 aliphatic carbocycles. The van der Waals surface area contributed by atoms with E-state index in [0.717, 1.165) is 17.6 Å². The second-order valence-corrected chi connectivity index (χ2v) is 7.68. The lowest BCUT2D eigenvalue weighted by Gasteiger charge is -2.06. The van der Waals surface area contributed by atoms with Crippen molar-refractivity contribution in [1.82, 2.24) is 5.32 Å². The minimum absolute atomic E-state index is 0.181. The maximum Gasteiger partial charge on any atom is 0.156 e. The molecule has 86 valence electrons. The molecular weight excluding hydrogens is 232 g/mol. The van der Waals surface area contributed by atoms with E-state index in [-0.39, 0.29) is 5.75 Å². The zero-order valence-electron chi connectivity index (χ0n) is 8.77. The summed E-state index contributed by atoms with van der Waals surface area (Å²) in [6.07, 6.45) is 3.93. The Hall–Kier alpha value is -0.230. The standard InChI is InChI=1S/C9H16N2O2S2/c1-15(12,13)5-4-10-9-11-6-8(14-9)7-2-3-7/h7-8H,2-6H2,1H3,(H,10,11). The van der Waals surface area contributed by atoms with Crippen molar-refractivity contribution in [2.75, 3.05) is 25.1 Å². The molecule has 6 heteroatoms. The summed E-state index contributed by atoms with van der Waals surface area (Å²) in [4.78, 5) is 4.37. The van der Waals surface area contributed by atoms with E-state index in [2.05, 4.69) is 10.3 Å². The summed E-state index contributed by atoms with van der Waals surface area (Å²) in [7, 11) is -2.86. The third-order valence-corrected chi connectivity index (χ3v) is 4.85. The van der Waals surface area contributed by atoms with Gasteiger partial charge in [0.2, 0.25) is 0 Å². The summed E-state index contributed by atoms with van der Waals surface area (Å²) in [5.74, 6) is 1.04. The zero-order chi connectivity index (χ0) is 10.9. The molecule has 1 N–H and O–H groups in total. The third-order valence-electron chi connectivity index (χ3n) is 2.57. The van der Waals surface area contributed by atoms with Crippen molar-refractivity contribution in [3.05, 3.63) is 0 Å². The molecule has 2 rings (SSSR count). The van der Waals surface area contributed by atoms with Crippen LogP contribution in [0.1, 0.15) is 12.8 Å². The smallest absolute Gasteiger partial charge is 0.156 e. The maximum atomic E-state index is 10.9. The van der Waals surface area contributed by atoms with Crippen molar-refractivity contribution in [2.45, 2.75) is 18.1 Å². The van der Waals surface area contributed by atoms with E-state index in [0.29, 0.717) is 11.8 Å². The number of thioether (sulfide) groups is 1. The third kappa shape index (κ3) is 3.68. The zero-order valence-corrected chi connectivity index (χ0v) is 10.4. The fourth-order valence-corrected chi connectivity index (χ4v) is 3.25. The predicted molar refractivity (Wildman–Crippen MR) is 64.1 cm³/mol. The molecule has 0 aromatic rings. The average molecular weight is 248 g/mol. The molecule has 0 bridgehead atoms. The number of hydrogen-bond donors (Lipinski definition) is 1. The largest absolute Gasteiger partial charge is 0.364 e. The number of nitrogens with one attached hydrogen (secondary N) is 1. The molecule has 2 aliphatic rings. The van der Waals surface area contributed by atoms with E-state index >= 15 is 0 Å². The second kappa shape index (κ2) is 4.33. The molecule has 1 heterocycles. The minimum atomic E-state index is -2.86. The van der Waals surface area contributed by atoms with Gasteiger partial charge in [-0.3, -0.25) is 4.99 Å². The van der Waals surface area contributed by atoms with Gasteiger partial charge >= 0.3 is 0 Å². The maximum absolute atomic E-state index is 10.9. The molecular formula is C9H16N2O2S2. The number of hydrogen-bond acceptors (Lipinski definition) is 5. The first-order valence-electron chi connectivity index (χ1n) is 5.17. The van der Waals surface area contributed by atoms with Crippen LogP contribution in [0.15, 0.2) is 4.99 Å². The van der Waals surface area contributed by atoms with Gasteiger partial charge in [0.15, 0.2) is 5.17 Å². The fraction of sp³-hybridized carbons (Fsp3) is 0.889. The Balaban J connectivity index is 1.68. The highest BCUT2D eigenvalue weighted by Gasteiger charge is 2.35. The fourth-order valence-electron chi connectivity index (χ4n) is 1.55. The van der Waals surface area contributed by atoms with Crippen LogP contribution < -0.4 is 5.32 Å². The van der Waals surface area contributed by atoms with Crippen LogP contribution in [0.3, 0.4) is 0 Å². The summed E-state index contributed by atoms with van der Waals surface area (Å²) < 4.78 is 21.8. The molecule has 1 aliphatic heterocycles. The lowest BCUT2D eigenvalue weighted by molar-refractivity contribution is 0.600. The van der Waals surface area contributed by atoms with Crippen LogP contribution in [0, 0.1) is 5.92 Å². The van der Waals surface area contributed by atoms with Gasteiger partial charge in [-0.15, -0.1) is 0 Å². The van der Waals surface area contributed by atoms with E-state index in [1.165, 1.54) is 19.1 Å². The van der Waals surface area contributed by atoms with Crippen LogP contribution >= 0.6 is 11.8 Å². The molecule has 0 aromatic heterocycles. The van der Waals surface area contributed by atoms with Gasteiger partial charge in [0, 0.05) is 18.1 Å². The van der Waals surface area contributed by atoms with E-state index in [4.69, 9.17) is 0 Å². The van der Waals surface area contributed by atoms with Crippen LogP contribution in [0.25, 0.3) is 0 Å².